The van der Waals surface area contributed by atoms with Crippen LogP contribution in [0.5, 0.6) is 0 Å². The van der Waals surface area contributed by atoms with Crippen molar-refractivity contribution in [2.45, 2.75) is 25.8 Å². The lowest BCUT2D eigenvalue weighted by molar-refractivity contribution is 0.0882. The number of aromatic amines is 1. The Labute approximate surface area is 154 Å². The van der Waals surface area contributed by atoms with Crippen molar-refractivity contribution < 1.29 is 4.21 Å². The average molecular weight is 368 g/mol. The van der Waals surface area contributed by atoms with Crippen LogP contribution in [0.1, 0.15) is 19.0 Å². The van der Waals surface area contributed by atoms with Gasteiger partial charge in [-0.05, 0) is 19.1 Å². The van der Waals surface area contributed by atoms with Gasteiger partial charge < -0.3 is 9.55 Å². The summed E-state index contributed by atoms with van der Waals surface area (Å²) < 4.78 is 16.2. The Morgan fingerprint density at radius 1 is 1.42 bits per heavy atom. The van der Waals surface area contributed by atoms with E-state index in [9.17, 15) is 9.47 Å². The second-order valence-electron chi connectivity index (χ2n) is 6.67. The van der Waals surface area contributed by atoms with Crippen molar-refractivity contribution in [2.75, 3.05) is 18.8 Å². The van der Waals surface area contributed by atoms with Gasteiger partial charge in [-0.2, -0.15) is 5.26 Å². The van der Waals surface area contributed by atoms with E-state index >= 15 is 0 Å². The van der Waals surface area contributed by atoms with Gasteiger partial charge in [-0.1, -0.05) is 6.92 Å². The maximum Gasteiger partial charge on any atom is 0.141 e. The molecule has 0 aromatic carbocycles. The van der Waals surface area contributed by atoms with Crippen molar-refractivity contribution in [2.24, 2.45) is 0 Å². The molecule has 0 saturated carbocycles. The van der Waals surface area contributed by atoms with E-state index in [4.69, 9.17) is 0 Å². The third-order valence-corrected chi connectivity index (χ3v) is 6.36. The van der Waals surface area contributed by atoms with Gasteiger partial charge in [0.2, 0.25) is 0 Å². The number of aryl methyl sites for hydroxylation is 1. The van der Waals surface area contributed by atoms with Crippen molar-refractivity contribution >= 4 is 22.0 Å². The lowest BCUT2D eigenvalue weighted by Crippen LogP contribution is -2.62. The fraction of sp³-hybridized carbons (Fsp3) is 0.389. The highest BCUT2D eigenvalue weighted by atomic mass is 32.2. The Morgan fingerprint density at radius 3 is 2.96 bits per heavy atom. The lowest BCUT2D eigenvalue weighted by atomic mass is 9.88. The topological polar surface area (TPSA) is 90.6 Å². The molecular weight excluding hydrogens is 348 g/mol. The number of hydrogen-bond donors (Lipinski definition) is 1. The number of nitrogens with zero attached hydrogens (tertiary/aromatic N) is 5. The van der Waals surface area contributed by atoms with Gasteiger partial charge in [-0.3, -0.25) is 0 Å². The molecule has 0 amide bonds. The number of aromatic nitrogens is 4. The minimum absolute atomic E-state index is 0.327. The molecule has 1 aliphatic heterocycles. The molecule has 26 heavy (non-hydrogen) atoms. The predicted octanol–water partition coefficient (Wildman–Crippen LogP) is 2.34. The zero-order valence-corrected chi connectivity index (χ0v) is 15.6. The highest BCUT2D eigenvalue weighted by Crippen LogP contribution is 2.37. The number of H-pyrrole nitrogens is 1. The van der Waals surface area contributed by atoms with Crippen LogP contribution in [0.15, 0.2) is 30.9 Å². The van der Waals surface area contributed by atoms with Gasteiger partial charge in [0.1, 0.15) is 12.0 Å². The van der Waals surface area contributed by atoms with Crippen LogP contribution in [-0.4, -0.2) is 46.9 Å². The highest BCUT2D eigenvalue weighted by Gasteiger charge is 2.47. The molecule has 3 aromatic rings. The monoisotopic (exact) mass is 368 g/mol. The maximum absolute atomic E-state index is 12.1. The third kappa shape index (κ3) is 2.55. The average Bonchev–Trinajstić information content (AvgIpc) is 3.23. The fourth-order valence-corrected chi connectivity index (χ4v) is 4.88. The number of nitriles is 1. The molecule has 4 heterocycles. The van der Waals surface area contributed by atoms with Crippen LogP contribution in [0.3, 0.4) is 0 Å². The van der Waals surface area contributed by atoms with E-state index in [2.05, 4.69) is 37.9 Å². The summed E-state index contributed by atoms with van der Waals surface area (Å²) in [7, 11) is -0.972. The molecular formula is C18H20N6OS. The van der Waals surface area contributed by atoms with Crippen LogP contribution < -0.4 is 0 Å². The Hall–Kier alpha value is -2.50. The van der Waals surface area contributed by atoms with Crippen molar-refractivity contribution in [3.05, 3.63) is 36.5 Å². The summed E-state index contributed by atoms with van der Waals surface area (Å²) >= 11 is 0. The first-order valence-corrected chi connectivity index (χ1v) is 9.84. The molecule has 0 radical (unpaired) electrons. The van der Waals surface area contributed by atoms with E-state index in [-0.39, 0.29) is 5.54 Å². The Balaban J connectivity index is 1.73. The standard InChI is InChI=1S/C18H20N6OS/c1-3-26(25)23-10-18(11-23,5-6-19)24-9-14(8-13(24)2)16-15-4-7-20-17(15)22-12-21-16/h4,7-9,12H,3,5,10-11H2,1-2H3,(H,20,21,22). The van der Waals surface area contributed by atoms with Gasteiger partial charge >= 0.3 is 0 Å². The molecule has 0 aliphatic carbocycles. The molecule has 0 bridgehead atoms. The van der Waals surface area contributed by atoms with E-state index in [1.807, 2.05) is 30.4 Å². The maximum atomic E-state index is 12.1. The first-order chi connectivity index (χ1) is 12.6. The number of nitrogens with one attached hydrogen (secondary N) is 1. The largest absolute Gasteiger partial charge is 0.346 e. The van der Waals surface area contributed by atoms with E-state index in [0.717, 1.165) is 28.0 Å². The Morgan fingerprint density at radius 2 is 2.23 bits per heavy atom. The minimum Gasteiger partial charge on any atom is -0.346 e. The molecule has 7 nitrogen and oxygen atoms in total. The normalized spacial score (nSPS) is 17.7. The summed E-state index contributed by atoms with van der Waals surface area (Å²) in [6.45, 7) is 5.20. The summed E-state index contributed by atoms with van der Waals surface area (Å²) in [6.07, 6.45) is 5.87. The van der Waals surface area contributed by atoms with E-state index in [1.165, 1.54) is 0 Å². The molecule has 1 fully saturated rings. The predicted molar refractivity (Wildman–Crippen MR) is 101 cm³/mol. The fourth-order valence-electron chi connectivity index (χ4n) is 3.75. The number of hydrogen-bond acceptors (Lipinski definition) is 4. The summed E-state index contributed by atoms with van der Waals surface area (Å²) in [4.78, 5) is 11.8. The van der Waals surface area contributed by atoms with Gasteiger partial charge in [0.15, 0.2) is 0 Å². The SMILES string of the molecule is CCS(=O)N1CC(CC#N)(n2cc(-c3ncnc4[nH]ccc34)cc2C)C1. The molecule has 8 heteroatoms. The van der Waals surface area contributed by atoms with Crippen molar-refractivity contribution in [3.8, 4) is 17.3 Å². The quantitative estimate of drug-likeness (QED) is 0.748. The zero-order chi connectivity index (χ0) is 18.3. The van der Waals surface area contributed by atoms with Gasteiger partial charge in [-0.15, -0.1) is 0 Å². The van der Waals surface area contributed by atoms with Crippen LogP contribution in [0, 0.1) is 18.3 Å². The van der Waals surface area contributed by atoms with Crippen LogP contribution in [0.25, 0.3) is 22.3 Å². The summed E-state index contributed by atoms with van der Waals surface area (Å²) in [5.74, 6) is 0.602. The van der Waals surface area contributed by atoms with Gasteiger partial charge in [0.25, 0.3) is 0 Å². The van der Waals surface area contributed by atoms with Crippen LogP contribution >= 0.6 is 0 Å². The van der Waals surface area contributed by atoms with Crippen molar-refractivity contribution in [1.82, 2.24) is 23.8 Å². The summed E-state index contributed by atoms with van der Waals surface area (Å²) in [6, 6.07) is 6.37. The first kappa shape index (κ1) is 16.9. The lowest BCUT2D eigenvalue weighted by Gasteiger charge is -2.49. The van der Waals surface area contributed by atoms with Crippen LogP contribution in [0.4, 0.5) is 0 Å². The molecule has 1 N–H and O–H groups in total. The summed E-state index contributed by atoms with van der Waals surface area (Å²) in [5.41, 5.74) is 3.42. The van der Waals surface area contributed by atoms with Crippen molar-refractivity contribution in [1.29, 1.82) is 5.26 Å². The molecule has 1 saturated heterocycles. The Kier molecular flexibility index (Phi) is 4.13. The van der Waals surface area contributed by atoms with E-state index < -0.39 is 11.0 Å². The van der Waals surface area contributed by atoms with E-state index in [1.54, 1.807) is 6.33 Å². The molecule has 3 aromatic heterocycles. The summed E-state index contributed by atoms with van der Waals surface area (Å²) in [5, 5.41) is 10.3. The molecule has 1 unspecified atom stereocenters. The molecule has 1 atom stereocenters. The Bertz CT molecular complexity index is 1020. The van der Waals surface area contributed by atoms with Crippen molar-refractivity contribution in [3.63, 3.8) is 0 Å². The minimum atomic E-state index is -0.972. The van der Waals surface area contributed by atoms with Crippen LogP contribution in [0.2, 0.25) is 0 Å². The smallest absolute Gasteiger partial charge is 0.141 e. The first-order valence-electron chi connectivity index (χ1n) is 8.56. The third-order valence-electron chi connectivity index (χ3n) is 5.04. The van der Waals surface area contributed by atoms with Gasteiger partial charge in [0, 0.05) is 47.9 Å². The van der Waals surface area contributed by atoms with E-state index in [0.29, 0.717) is 25.3 Å². The highest BCUT2D eigenvalue weighted by molar-refractivity contribution is 7.82. The van der Waals surface area contributed by atoms with Gasteiger partial charge in [0.05, 0.1) is 34.7 Å². The number of rotatable bonds is 5. The second-order valence-corrected chi connectivity index (χ2v) is 8.41. The number of fused-ring (bicyclic) bond motifs is 1. The molecule has 134 valence electrons. The molecule has 0 spiro atoms. The second kappa shape index (κ2) is 6.34. The zero-order valence-electron chi connectivity index (χ0n) is 14.8. The molecule has 4 rings (SSSR count). The van der Waals surface area contributed by atoms with Crippen LogP contribution in [-0.2, 0) is 16.5 Å². The van der Waals surface area contributed by atoms with Gasteiger partial charge in [-0.25, -0.2) is 18.5 Å². The molecule has 1 aliphatic rings.